The van der Waals surface area contributed by atoms with Gasteiger partial charge in [-0.3, -0.25) is 0 Å². The number of fused-ring (bicyclic) bond motifs is 6. The number of benzene rings is 8. The molecule has 2 heteroatoms. The van der Waals surface area contributed by atoms with E-state index in [1.807, 2.05) is 0 Å². The molecule has 0 spiro atoms. The van der Waals surface area contributed by atoms with Crippen molar-refractivity contribution in [2.75, 3.05) is 0 Å². The molecular weight excluding hydrogens is 629 g/mol. The van der Waals surface area contributed by atoms with E-state index in [0.717, 1.165) is 0 Å². The first-order valence-corrected chi connectivity index (χ1v) is 17.9. The molecule has 0 aliphatic heterocycles. The molecule has 0 saturated carbocycles. The lowest BCUT2D eigenvalue weighted by Gasteiger charge is -2.16. The summed E-state index contributed by atoms with van der Waals surface area (Å²) in [5, 5.41) is 5.04. The van der Waals surface area contributed by atoms with E-state index in [4.69, 9.17) is 0 Å². The van der Waals surface area contributed by atoms with E-state index in [0.29, 0.717) is 0 Å². The van der Waals surface area contributed by atoms with Gasteiger partial charge >= 0.3 is 0 Å². The highest BCUT2D eigenvalue weighted by atomic mass is 15.0. The summed E-state index contributed by atoms with van der Waals surface area (Å²) in [5.41, 5.74) is 14.3. The number of aromatic nitrogens is 2. The molecule has 10 aromatic rings. The predicted octanol–water partition coefficient (Wildman–Crippen LogP) is 13.4. The van der Waals surface area contributed by atoms with Crippen LogP contribution in [-0.4, -0.2) is 9.13 Å². The van der Waals surface area contributed by atoms with E-state index >= 15 is 0 Å². The van der Waals surface area contributed by atoms with Gasteiger partial charge in [-0.05, 0) is 76.3 Å². The van der Waals surface area contributed by atoms with Crippen molar-refractivity contribution in [1.29, 1.82) is 0 Å². The second-order valence-electron chi connectivity index (χ2n) is 13.3. The van der Waals surface area contributed by atoms with Crippen LogP contribution in [0.3, 0.4) is 0 Å². The minimum atomic E-state index is 1.17. The van der Waals surface area contributed by atoms with Crippen LogP contribution in [0.4, 0.5) is 0 Å². The molecule has 8 aromatic carbocycles. The molecule has 52 heavy (non-hydrogen) atoms. The molecule has 0 saturated heterocycles. The molecule has 0 unspecified atom stereocenters. The average molecular weight is 663 g/mol. The Labute approximate surface area is 302 Å². The molecule has 10 rings (SSSR count). The molecule has 0 radical (unpaired) electrons. The van der Waals surface area contributed by atoms with Crippen LogP contribution < -0.4 is 0 Å². The highest BCUT2D eigenvalue weighted by molar-refractivity contribution is 6.11. The van der Waals surface area contributed by atoms with Crippen molar-refractivity contribution in [3.05, 3.63) is 205 Å². The van der Waals surface area contributed by atoms with Crippen LogP contribution in [0.15, 0.2) is 194 Å². The Morgan fingerprint density at radius 2 is 0.769 bits per heavy atom. The van der Waals surface area contributed by atoms with Crippen LogP contribution in [-0.2, 0) is 0 Å². The van der Waals surface area contributed by atoms with Crippen molar-refractivity contribution >= 4 is 55.8 Å². The lowest BCUT2D eigenvalue weighted by Crippen LogP contribution is -1.97. The Morgan fingerprint density at radius 1 is 0.308 bits per heavy atom. The van der Waals surface area contributed by atoms with Crippen molar-refractivity contribution in [3.8, 4) is 33.6 Å². The van der Waals surface area contributed by atoms with Gasteiger partial charge in [-0.25, -0.2) is 0 Å². The number of hydrogen-bond acceptors (Lipinski definition) is 0. The van der Waals surface area contributed by atoms with Crippen LogP contribution in [0, 0.1) is 0 Å². The Kier molecular flexibility index (Phi) is 7.18. The van der Waals surface area contributed by atoms with E-state index in [9.17, 15) is 0 Å². The number of hydrogen-bond donors (Lipinski definition) is 0. The average Bonchev–Trinajstić information content (AvgIpc) is 3.73. The summed E-state index contributed by atoms with van der Waals surface area (Å²) in [7, 11) is 0. The van der Waals surface area contributed by atoms with Crippen LogP contribution in [0.2, 0.25) is 0 Å². The van der Waals surface area contributed by atoms with Crippen LogP contribution in [0.25, 0.3) is 89.4 Å². The molecule has 0 aliphatic rings. The highest BCUT2D eigenvalue weighted by Crippen LogP contribution is 2.39. The van der Waals surface area contributed by atoms with Gasteiger partial charge in [0.05, 0.1) is 27.8 Å². The van der Waals surface area contributed by atoms with E-state index in [1.54, 1.807) is 0 Å². The third-order valence-electron chi connectivity index (χ3n) is 10.4. The van der Waals surface area contributed by atoms with Gasteiger partial charge in [0.2, 0.25) is 0 Å². The fourth-order valence-electron chi connectivity index (χ4n) is 8.05. The zero-order valence-electron chi connectivity index (χ0n) is 28.5. The third kappa shape index (κ3) is 4.88. The minimum Gasteiger partial charge on any atom is -0.309 e. The lowest BCUT2D eigenvalue weighted by atomic mass is 9.95. The number of rotatable bonds is 6. The molecule has 244 valence electrons. The molecular formula is C50H34N2. The van der Waals surface area contributed by atoms with Crippen molar-refractivity contribution in [3.63, 3.8) is 0 Å². The third-order valence-corrected chi connectivity index (χ3v) is 10.4. The van der Waals surface area contributed by atoms with Gasteiger partial charge in [-0.2, -0.15) is 0 Å². The second kappa shape index (κ2) is 12.5. The summed E-state index contributed by atoms with van der Waals surface area (Å²) in [4.78, 5) is 0. The fraction of sp³-hybridized carbons (Fsp3) is 0. The van der Waals surface area contributed by atoms with Crippen LogP contribution >= 0.6 is 0 Å². The number of nitrogens with zero attached hydrogens (tertiary/aromatic N) is 2. The molecule has 0 aliphatic carbocycles. The highest BCUT2D eigenvalue weighted by Gasteiger charge is 2.17. The van der Waals surface area contributed by atoms with Crippen LogP contribution in [0.1, 0.15) is 11.1 Å². The maximum Gasteiger partial charge on any atom is 0.0541 e. The molecule has 0 N–H and O–H groups in total. The molecule has 2 nitrogen and oxygen atoms in total. The SMILES string of the molecule is C(=C\c1ccccc1-c1ccccc1-n1c2ccccc2c2ccccc21)/c1ccccc1-c1ccc2c(c1)c1ccccc1n2-c1ccccc1. The monoisotopic (exact) mass is 662 g/mol. The lowest BCUT2D eigenvalue weighted by molar-refractivity contribution is 1.18. The quantitative estimate of drug-likeness (QED) is 0.157. The van der Waals surface area contributed by atoms with Crippen molar-refractivity contribution in [1.82, 2.24) is 9.13 Å². The molecule has 2 heterocycles. The first-order chi connectivity index (χ1) is 25.8. The normalized spacial score (nSPS) is 11.8. The van der Waals surface area contributed by atoms with E-state index in [1.165, 1.54) is 88.4 Å². The summed E-state index contributed by atoms with van der Waals surface area (Å²) >= 11 is 0. The Bertz CT molecular complexity index is 2900. The fourth-order valence-corrected chi connectivity index (χ4v) is 8.05. The Morgan fingerprint density at radius 3 is 1.44 bits per heavy atom. The standard InChI is InChI=1S/C50H34N2/c1-2-18-38(19-3-1)51-46-26-12-11-25-44(46)45-34-37(32-33-50(45)51)39-20-6-4-16-35(39)30-31-36-17-5-7-21-40(36)41-22-8-13-27-47(41)52-48-28-14-9-23-42(48)43-24-10-15-29-49(43)52/h1-34H/b31-30+. The molecule has 0 bridgehead atoms. The summed E-state index contributed by atoms with van der Waals surface area (Å²) < 4.78 is 4.79. The van der Waals surface area contributed by atoms with Gasteiger partial charge in [0.1, 0.15) is 0 Å². The second-order valence-corrected chi connectivity index (χ2v) is 13.3. The first kappa shape index (κ1) is 30.0. The summed E-state index contributed by atoms with van der Waals surface area (Å²) in [6.45, 7) is 0. The molecule has 0 fully saturated rings. The van der Waals surface area contributed by atoms with E-state index in [-0.39, 0.29) is 0 Å². The summed E-state index contributed by atoms with van der Waals surface area (Å²) in [5.74, 6) is 0. The topological polar surface area (TPSA) is 9.86 Å². The summed E-state index contributed by atoms with van der Waals surface area (Å²) in [6, 6.07) is 70.0. The van der Waals surface area contributed by atoms with Crippen molar-refractivity contribution in [2.45, 2.75) is 0 Å². The maximum absolute atomic E-state index is 2.42. The zero-order chi connectivity index (χ0) is 34.4. The maximum atomic E-state index is 2.42. The van der Waals surface area contributed by atoms with Gasteiger partial charge in [0.15, 0.2) is 0 Å². The number of para-hydroxylation sites is 5. The van der Waals surface area contributed by atoms with Gasteiger partial charge in [0.25, 0.3) is 0 Å². The Hall–Kier alpha value is -6.90. The Balaban J connectivity index is 1.08. The largest absolute Gasteiger partial charge is 0.309 e. The summed E-state index contributed by atoms with van der Waals surface area (Å²) in [6.07, 6.45) is 4.55. The van der Waals surface area contributed by atoms with Gasteiger partial charge in [-0.1, -0.05) is 158 Å². The van der Waals surface area contributed by atoms with Gasteiger partial charge < -0.3 is 9.13 Å². The molecule has 0 atom stereocenters. The van der Waals surface area contributed by atoms with Gasteiger partial charge in [0, 0.05) is 32.8 Å². The van der Waals surface area contributed by atoms with Crippen LogP contribution in [0.5, 0.6) is 0 Å². The van der Waals surface area contributed by atoms with E-state index < -0.39 is 0 Å². The molecule has 0 amide bonds. The van der Waals surface area contributed by atoms with Gasteiger partial charge in [-0.15, -0.1) is 0 Å². The zero-order valence-corrected chi connectivity index (χ0v) is 28.5. The first-order valence-electron chi connectivity index (χ1n) is 17.9. The predicted molar refractivity (Wildman–Crippen MR) is 221 cm³/mol. The van der Waals surface area contributed by atoms with E-state index in [2.05, 4.69) is 215 Å². The smallest absolute Gasteiger partial charge is 0.0541 e. The molecule has 2 aromatic heterocycles. The minimum absolute atomic E-state index is 1.17. The van der Waals surface area contributed by atoms with Crippen molar-refractivity contribution in [2.24, 2.45) is 0 Å². The van der Waals surface area contributed by atoms with Crippen molar-refractivity contribution < 1.29 is 0 Å².